The van der Waals surface area contributed by atoms with Crippen LogP contribution in [0.15, 0.2) is 24.7 Å². The van der Waals surface area contributed by atoms with Gasteiger partial charge in [-0.1, -0.05) is 6.92 Å². The topological polar surface area (TPSA) is 63.6 Å². The minimum atomic E-state index is -0.424. The molecule has 1 aliphatic heterocycles. The molecule has 3 rings (SSSR count). The summed E-state index contributed by atoms with van der Waals surface area (Å²) in [5.41, 5.74) is 7.74. The second kappa shape index (κ2) is 5.48. The molecular formula is C16H22N4O. The number of piperidine rings is 1. The van der Waals surface area contributed by atoms with Gasteiger partial charge < -0.3 is 10.1 Å². The normalized spacial score (nSPS) is 21.5. The van der Waals surface area contributed by atoms with Crippen molar-refractivity contribution in [1.29, 1.82) is 0 Å². The number of pyridine rings is 1. The average Bonchev–Trinajstić information content (AvgIpc) is 2.93. The first-order valence-corrected chi connectivity index (χ1v) is 7.56. The molecule has 2 aromatic heterocycles. The third-order valence-electron chi connectivity index (χ3n) is 4.49. The lowest BCUT2D eigenvalue weighted by molar-refractivity contribution is 0.100. The lowest BCUT2D eigenvalue weighted by Gasteiger charge is -2.35. The van der Waals surface area contributed by atoms with Gasteiger partial charge in [0.15, 0.2) is 0 Å². The highest BCUT2D eigenvalue weighted by Crippen LogP contribution is 2.27. The van der Waals surface area contributed by atoms with E-state index in [1.54, 1.807) is 6.20 Å². The summed E-state index contributed by atoms with van der Waals surface area (Å²) in [4.78, 5) is 18.4. The van der Waals surface area contributed by atoms with Crippen molar-refractivity contribution in [3.05, 3.63) is 35.8 Å². The Labute approximate surface area is 124 Å². The van der Waals surface area contributed by atoms with E-state index >= 15 is 0 Å². The largest absolute Gasteiger partial charge is 0.365 e. The molecule has 0 saturated carbocycles. The monoisotopic (exact) mass is 286 g/mol. The van der Waals surface area contributed by atoms with Crippen LogP contribution in [0.3, 0.4) is 0 Å². The molecule has 0 aliphatic carbocycles. The molecule has 5 heteroatoms. The van der Waals surface area contributed by atoms with Crippen LogP contribution >= 0.6 is 0 Å². The van der Waals surface area contributed by atoms with Crippen LogP contribution < -0.4 is 5.73 Å². The van der Waals surface area contributed by atoms with Gasteiger partial charge in [-0.15, -0.1) is 0 Å². The van der Waals surface area contributed by atoms with Crippen molar-refractivity contribution in [2.75, 3.05) is 13.1 Å². The smallest absolute Gasteiger partial charge is 0.252 e. The zero-order valence-corrected chi connectivity index (χ0v) is 12.6. The highest BCUT2D eigenvalue weighted by molar-refractivity contribution is 5.98. The Morgan fingerprint density at radius 2 is 2.33 bits per heavy atom. The van der Waals surface area contributed by atoms with Crippen molar-refractivity contribution >= 4 is 11.6 Å². The number of rotatable bonds is 3. The van der Waals surface area contributed by atoms with Gasteiger partial charge in [-0.25, -0.2) is 4.98 Å². The van der Waals surface area contributed by atoms with Gasteiger partial charge in [0.25, 0.3) is 5.91 Å². The number of aromatic nitrogens is 2. The van der Waals surface area contributed by atoms with Crippen LogP contribution in [0.5, 0.6) is 0 Å². The van der Waals surface area contributed by atoms with Crippen molar-refractivity contribution in [3.63, 3.8) is 0 Å². The lowest BCUT2D eigenvalue weighted by atomic mass is 9.97. The molecule has 1 amide bonds. The van der Waals surface area contributed by atoms with Gasteiger partial charge in [-0.3, -0.25) is 9.69 Å². The van der Waals surface area contributed by atoms with Gasteiger partial charge in [0.1, 0.15) is 5.65 Å². The van der Waals surface area contributed by atoms with Crippen LogP contribution in [0.4, 0.5) is 0 Å². The Morgan fingerprint density at radius 1 is 1.52 bits per heavy atom. The maximum atomic E-state index is 11.7. The van der Waals surface area contributed by atoms with Crippen molar-refractivity contribution in [3.8, 4) is 0 Å². The molecule has 1 saturated heterocycles. The molecule has 0 bridgehead atoms. The van der Waals surface area contributed by atoms with Gasteiger partial charge >= 0.3 is 0 Å². The molecule has 1 fully saturated rings. The van der Waals surface area contributed by atoms with Gasteiger partial charge in [0, 0.05) is 31.2 Å². The van der Waals surface area contributed by atoms with Crippen molar-refractivity contribution < 1.29 is 4.79 Å². The first-order chi connectivity index (χ1) is 10.1. The van der Waals surface area contributed by atoms with Gasteiger partial charge in [-0.05, 0) is 43.9 Å². The number of primary amides is 1. The quantitative estimate of drug-likeness (QED) is 0.941. The number of nitrogens with zero attached hydrogens (tertiary/aromatic N) is 3. The number of fused-ring (bicyclic) bond motifs is 1. The Hall–Kier alpha value is -1.88. The molecule has 0 spiro atoms. The van der Waals surface area contributed by atoms with Gasteiger partial charge in [0.2, 0.25) is 0 Å². The number of likely N-dealkylation sites (tertiary alicyclic amines) is 1. The third kappa shape index (κ3) is 2.65. The maximum Gasteiger partial charge on any atom is 0.252 e. The summed E-state index contributed by atoms with van der Waals surface area (Å²) in [7, 11) is 0. The molecular weight excluding hydrogens is 264 g/mol. The molecule has 1 aliphatic rings. The van der Waals surface area contributed by atoms with Crippen LogP contribution in [0.25, 0.3) is 5.65 Å². The number of amides is 1. The first kappa shape index (κ1) is 14.1. The van der Waals surface area contributed by atoms with E-state index in [4.69, 9.17) is 5.73 Å². The zero-order chi connectivity index (χ0) is 15.0. The summed E-state index contributed by atoms with van der Waals surface area (Å²) in [6, 6.07) is 2.17. The van der Waals surface area contributed by atoms with E-state index in [1.807, 2.05) is 16.7 Å². The molecule has 2 N–H and O–H groups in total. The molecule has 1 unspecified atom stereocenters. The van der Waals surface area contributed by atoms with Crippen molar-refractivity contribution in [2.45, 2.75) is 32.7 Å². The molecule has 112 valence electrons. The molecule has 3 heterocycles. The molecule has 0 aromatic carbocycles. The minimum absolute atomic E-state index is 0.276. The number of imidazole rings is 1. The molecule has 2 aromatic rings. The Bertz CT molecular complexity index is 663. The number of hydrogen-bond acceptors (Lipinski definition) is 3. The fraction of sp³-hybridized carbons (Fsp3) is 0.500. The first-order valence-electron chi connectivity index (χ1n) is 7.56. The standard InChI is InChI=1S/C16H22N4O/c1-11-4-3-6-19(9-11)12(2)13-8-14(15(17)21)16-18-5-7-20(16)10-13/h5,7-8,10-12H,3-4,6,9H2,1-2H3,(H2,17,21)/t11-,12?/m0/s1. The predicted octanol–water partition coefficient (Wildman–Crippen LogP) is 2.23. The average molecular weight is 286 g/mol. The summed E-state index contributed by atoms with van der Waals surface area (Å²) in [5, 5.41) is 0. The van der Waals surface area contributed by atoms with E-state index in [-0.39, 0.29) is 6.04 Å². The van der Waals surface area contributed by atoms with E-state index in [1.165, 1.54) is 12.8 Å². The van der Waals surface area contributed by atoms with Crippen LogP contribution in [0, 0.1) is 5.92 Å². The maximum absolute atomic E-state index is 11.7. The van der Waals surface area contributed by atoms with E-state index in [2.05, 4.69) is 29.9 Å². The third-order valence-corrected chi connectivity index (χ3v) is 4.49. The summed E-state index contributed by atoms with van der Waals surface area (Å²) in [6.45, 7) is 6.71. The summed E-state index contributed by atoms with van der Waals surface area (Å²) in [6.07, 6.45) is 8.15. The fourth-order valence-corrected chi connectivity index (χ4v) is 3.25. The lowest BCUT2D eigenvalue weighted by Crippen LogP contribution is -2.36. The van der Waals surface area contributed by atoms with Crippen molar-refractivity contribution in [1.82, 2.24) is 14.3 Å². The molecule has 5 nitrogen and oxygen atoms in total. The summed E-state index contributed by atoms with van der Waals surface area (Å²) in [5.74, 6) is 0.307. The van der Waals surface area contributed by atoms with E-state index in [9.17, 15) is 4.79 Å². The van der Waals surface area contributed by atoms with E-state index < -0.39 is 5.91 Å². The van der Waals surface area contributed by atoms with Gasteiger partial charge in [-0.2, -0.15) is 0 Å². The zero-order valence-electron chi connectivity index (χ0n) is 12.6. The van der Waals surface area contributed by atoms with E-state index in [0.717, 1.165) is 24.6 Å². The van der Waals surface area contributed by atoms with Gasteiger partial charge in [0.05, 0.1) is 5.56 Å². The fourth-order valence-electron chi connectivity index (χ4n) is 3.25. The van der Waals surface area contributed by atoms with Crippen LogP contribution in [0.1, 0.15) is 48.7 Å². The van der Waals surface area contributed by atoms with Crippen LogP contribution in [-0.4, -0.2) is 33.3 Å². The molecule has 21 heavy (non-hydrogen) atoms. The highest BCUT2D eigenvalue weighted by Gasteiger charge is 2.23. The second-order valence-electron chi connectivity index (χ2n) is 6.13. The Morgan fingerprint density at radius 3 is 3.05 bits per heavy atom. The van der Waals surface area contributed by atoms with Crippen LogP contribution in [-0.2, 0) is 0 Å². The summed E-state index contributed by atoms with van der Waals surface area (Å²) >= 11 is 0. The SMILES string of the molecule is CC(c1cc(C(N)=O)c2nccn2c1)N1CCC[C@H](C)C1. The number of hydrogen-bond donors (Lipinski definition) is 1. The minimum Gasteiger partial charge on any atom is -0.365 e. The predicted molar refractivity (Wildman–Crippen MR) is 82.1 cm³/mol. The molecule has 2 atom stereocenters. The van der Waals surface area contributed by atoms with Crippen molar-refractivity contribution in [2.24, 2.45) is 11.7 Å². The Kier molecular flexibility index (Phi) is 3.68. The summed E-state index contributed by atoms with van der Waals surface area (Å²) < 4.78 is 1.89. The van der Waals surface area contributed by atoms with E-state index in [0.29, 0.717) is 11.2 Å². The van der Waals surface area contributed by atoms with Crippen LogP contribution in [0.2, 0.25) is 0 Å². The number of carbonyl (C=O) groups excluding carboxylic acids is 1. The Balaban J connectivity index is 1.97. The number of carbonyl (C=O) groups is 1. The number of nitrogens with two attached hydrogens (primary N) is 1. The second-order valence-corrected chi connectivity index (χ2v) is 6.13. The highest BCUT2D eigenvalue weighted by atomic mass is 16.1. The molecule has 0 radical (unpaired) electrons.